The number of halogens is 1. The highest BCUT2D eigenvalue weighted by Crippen LogP contribution is 2.35. The third kappa shape index (κ3) is 3.74. The Bertz CT molecular complexity index is 1880. The number of nitrogens with zero attached hydrogens (tertiary/aromatic N) is 5. The molecule has 4 heterocycles. The predicted octanol–water partition coefficient (Wildman–Crippen LogP) is 4.50. The SMILES string of the molecule is C[C@H](Nc1ncnc2[nH]ccc(=O)c12)c1c(Cl)c2cccc(-c3ncon3)c2c(=O)n1-c1ccccc1. The fourth-order valence-corrected chi connectivity index (χ4v) is 4.91. The van der Waals surface area contributed by atoms with Gasteiger partial charge < -0.3 is 14.8 Å². The van der Waals surface area contributed by atoms with E-state index in [2.05, 4.69) is 30.4 Å². The molecule has 0 radical (unpaired) electrons. The van der Waals surface area contributed by atoms with Gasteiger partial charge in [0.25, 0.3) is 5.56 Å². The van der Waals surface area contributed by atoms with Crippen LogP contribution in [0.1, 0.15) is 18.7 Å². The van der Waals surface area contributed by atoms with E-state index in [1.165, 1.54) is 25.0 Å². The van der Waals surface area contributed by atoms with Crippen LogP contribution in [-0.2, 0) is 0 Å². The molecule has 0 aliphatic rings. The zero-order chi connectivity index (χ0) is 25.5. The molecule has 0 fully saturated rings. The molecule has 0 saturated carbocycles. The van der Waals surface area contributed by atoms with Crippen molar-refractivity contribution in [3.63, 3.8) is 0 Å². The molecule has 10 nitrogen and oxygen atoms in total. The standard InChI is InChI=1S/C26H18ClN7O3/c1-14(32-25-20-18(35)10-11-28-24(20)29-12-30-25)22-21(27)16-8-5-9-17(23-31-13-37-33-23)19(16)26(36)34(22)15-6-3-2-4-7-15/h2-14H,1H3,(H2,28,29,30,32,35)/t14-/m0/s1. The second-order valence-electron chi connectivity index (χ2n) is 8.31. The van der Waals surface area contributed by atoms with Crippen molar-refractivity contribution in [1.29, 1.82) is 0 Å². The van der Waals surface area contributed by atoms with Crippen molar-refractivity contribution in [2.24, 2.45) is 0 Å². The molecule has 2 N–H and O–H groups in total. The Kier molecular flexibility index (Phi) is 5.50. The van der Waals surface area contributed by atoms with Gasteiger partial charge >= 0.3 is 0 Å². The fourth-order valence-electron chi connectivity index (χ4n) is 4.51. The first kappa shape index (κ1) is 22.6. The summed E-state index contributed by atoms with van der Waals surface area (Å²) >= 11 is 7.05. The van der Waals surface area contributed by atoms with Crippen molar-refractivity contribution in [2.45, 2.75) is 13.0 Å². The lowest BCUT2D eigenvalue weighted by Crippen LogP contribution is -2.27. The maximum Gasteiger partial charge on any atom is 0.264 e. The van der Waals surface area contributed by atoms with Crippen molar-refractivity contribution in [2.75, 3.05) is 5.32 Å². The topological polar surface area (TPSA) is 132 Å². The van der Waals surface area contributed by atoms with Gasteiger partial charge in [0.2, 0.25) is 12.2 Å². The molecule has 11 heteroatoms. The van der Waals surface area contributed by atoms with E-state index >= 15 is 0 Å². The van der Waals surface area contributed by atoms with Gasteiger partial charge in [-0.2, -0.15) is 4.98 Å². The quantitative estimate of drug-likeness (QED) is 0.346. The number of H-pyrrole nitrogens is 1. The van der Waals surface area contributed by atoms with Crippen LogP contribution in [0.4, 0.5) is 5.82 Å². The van der Waals surface area contributed by atoms with E-state index in [9.17, 15) is 9.59 Å². The van der Waals surface area contributed by atoms with Gasteiger partial charge in [0.15, 0.2) is 5.43 Å². The molecular weight excluding hydrogens is 494 g/mol. The van der Waals surface area contributed by atoms with Gasteiger partial charge in [-0.1, -0.05) is 53.2 Å². The maximum absolute atomic E-state index is 14.2. The second-order valence-corrected chi connectivity index (χ2v) is 8.69. The van der Waals surface area contributed by atoms with E-state index in [-0.39, 0.29) is 16.8 Å². The molecule has 182 valence electrons. The molecular formula is C26H18ClN7O3. The maximum atomic E-state index is 14.2. The number of aromatic nitrogens is 6. The Labute approximate surface area is 213 Å². The lowest BCUT2D eigenvalue weighted by Gasteiger charge is -2.23. The van der Waals surface area contributed by atoms with Crippen LogP contribution in [0.25, 0.3) is 38.9 Å². The molecule has 1 atom stereocenters. The molecule has 4 aromatic heterocycles. The first-order valence-electron chi connectivity index (χ1n) is 11.3. The molecule has 0 spiro atoms. The minimum Gasteiger partial charge on any atom is -0.361 e. The fraction of sp³-hybridized carbons (Fsp3) is 0.0769. The van der Waals surface area contributed by atoms with E-state index in [1.54, 1.807) is 22.8 Å². The van der Waals surface area contributed by atoms with Crippen molar-refractivity contribution < 1.29 is 4.52 Å². The van der Waals surface area contributed by atoms with Crippen molar-refractivity contribution in [1.82, 2.24) is 29.7 Å². The van der Waals surface area contributed by atoms with Crippen molar-refractivity contribution >= 4 is 39.2 Å². The molecule has 2 aromatic carbocycles. The summed E-state index contributed by atoms with van der Waals surface area (Å²) < 4.78 is 6.48. The largest absolute Gasteiger partial charge is 0.361 e. The van der Waals surface area contributed by atoms with Crippen molar-refractivity contribution in [3.8, 4) is 17.1 Å². The number of para-hydroxylation sites is 1. The summed E-state index contributed by atoms with van der Waals surface area (Å²) in [7, 11) is 0. The minimum absolute atomic E-state index is 0.237. The monoisotopic (exact) mass is 511 g/mol. The highest BCUT2D eigenvalue weighted by atomic mass is 35.5. The van der Waals surface area contributed by atoms with Crippen LogP contribution in [0.3, 0.4) is 0 Å². The Morgan fingerprint density at radius 1 is 1.00 bits per heavy atom. The highest BCUT2D eigenvalue weighted by Gasteiger charge is 2.25. The smallest absolute Gasteiger partial charge is 0.264 e. The number of hydrogen-bond donors (Lipinski definition) is 2. The summed E-state index contributed by atoms with van der Waals surface area (Å²) in [6.45, 7) is 1.85. The second kappa shape index (κ2) is 8.99. The van der Waals surface area contributed by atoms with Crippen LogP contribution in [0.5, 0.6) is 0 Å². The Balaban J connectivity index is 1.62. The van der Waals surface area contributed by atoms with E-state index in [1.807, 2.05) is 37.3 Å². The molecule has 6 aromatic rings. The summed E-state index contributed by atoms with van der Waals surface area (Å²) in [5.74, 6) is 0.604. The van der Waals surface area contributed by atoms with Gasteiger partial charge in [0, 0.05) is 28.9 Å². The van der Waals surface area contributed by atoms with E-state index in [4.69, 9.17) is 16.1 Å². The number of benzene rings is 2. The van der Waals surface area contributed by atoms with Crippen LogP contribution >= 0.6 is 11.6 Å². The Morgan fingerprint density at radius 3 is 2.62 bits per heavy atom. The summed E-state index contributed by atoms with van der Waals surface area (Å²) in [5, 5.41) is 8.76. The normalized spacial score (nSPS) is 12.2. The average Bonchev–Trinajstić information content (AvgIpc) is 3.46. The van der Waals surface area contributed by atoms with E-state index < -0.39 is 6.04 Å². The van der Waals surface area contributed by atoms with Crippen LogP contribution in [0.15, 0.2) is 87.6 Å². The number of aromatic amines is 1. The van der Waals surface area contributed by atoms with Gasteiger partial charge in [0.1, 0.15) is 23.2 Å². The Hall–Kier alpha value is -4.83. The first-order valence-corrected chi connectivity index (χ1v) is 11.7. The zero-order valence-electron chi connectivity index (χ0n) is 19.3. The number of fused-ring (bicyclic) bond motifs is 2. The number of rotatable bonds is 5. The lowest BCUT2D eigenvalue weighted by molar-refractivity contribution is 0.419. The molecule has 0 unspecified atom stereocenters. The molecule has 0 amide bonds. The van der Waals surface area contributed by atoms with Crippen LogP contribution in [0, 0.1) is 0 Å². The number of nitrogens with one attached hydrogen (secondary N) is 2. The summed E-state index contributed by atoms with van der Waals surface area (Å²) in [6.07, 6.45) is 4.09. The Morgan fingerprint density at radius 2 is 1.84 bits per heavy atom. The highest BCUT2D eigenvalue weighted by molar-refractivity contribution is 6.36. The molecule has 6 rings (SSSR count). The number of anilines is 1. The van der Waals surface area contributed by atoms with Crippen molar-refractivity contribution in [3.05, 3.63) is 105 Å². The molecule has 0 saturated heterocycles. The predicted molar refractivity (Wildman–Crippen MR) is 140 cm³/mol. The van der Waals surface area contributed by atoms with E-state index in [0.717, 1.165) is 0 Å². The minimum atomic E-state index is -0.545. The lowest BCUT2D eigenvalue weighted by atomic mass is 10.0. The van der Waals surface area contributed by atoms with Gasteiger partial charge in [-0.15, -0.1) is 0 Å². The van der Waals surface area contributed by atoms with Gasteiger partial charge in [0.05, 0.1) is 22.1 Å². The third-order valence-electron chi connectivity index (χ3n) is 6.11. The van der Waals surface area contributed by atoms with Gasteiger partial charge in [-0.05, 0) is 19.1 Å². The van der Waals surface area contributed by atoms with Crippen LogP contribution in [0.2, 0.25) is 5.02 Å². The van der Waals surface area contributed by atoms with Crippen LogP contribution < -0.4 is 16.3 Å². The number of pyridine rings is 2. The molecule has 0 aliphatic heterocycles. The molecule has 0 bridgehead atoms. The van der Waals surface area contributed by atoms with Crippen LogP contribution in [-0.4, -0.2) is 29.7 Å². The van der Waals surface area contributed by atoms with Gasteiger partial charge in [-0.25, -0.2) is 9.97 Å². The molecule has 0 aliphatic carbocycles. The summed E-state index contributed by atoms with van der Waals surface area (Å²) in [6, 6.07) is 15.4. The first-order chi connectivity index (χ1) is 18.0. The third-order valence-corrected chi connectivity index (χ3v) is 6.51. The average molecular weight is 512 g/mol. The number of hydrogen-bond acceptors (Lipinski definition) is 8. The van der Waals surface area contributed by atoms with E-state index in [0.29, 0.717) is 49.6 Å². The summed E-state index contributed by atoms with van der Waals surface area (Å²) in [5.41, 5.74) is 1.47. The summed E-state index contributed by atoms with van der Waals surface area (Å²) in [4.78, 5) is 42.3. The zero-order valence-corrected chi connectivity index (χ0v) is 20.1. The van der Waals surface area contributed by atoms with Gasteiger partial charge in [-0.3, -0.25) is 14.2 Å². The molecule has 37 heavy (non-hydrogen) atoms.